The van der Waals surface area contributed by atoms with Crippen LogP contribution in [-0.4, -0.2) is 59.5 Å². The molecule has 0 saturated carbocycles. The molecule has 1 saturated heterocycles. The Morgan fingerprint density at radius 1 is 1.26 bits per heavy atom. The zero-order valence-corrected chi connectivity index (χ0v) is 18.2. The Balaban J connectivity index is 0.00000261. The van der Waals surface area contributed by atoms with Gasteiger partial charge in [0.1, 0.15) is 12.4 Å². The highest BCUT2D eigenvalue weighted by molar-refractivity contribution is 14.0. The van der Waals surface area contributed by atoms with Crippen molar-refractivity contribution in [1.82, 2.24) is 25.5 Å². The molecule has 0 aliphatic carbocycles. The lowest BCUT2D eigenvalue weighted by Gasteiger charge is -2.15. The van der Waals surface area contributed by atoms with Crippen LogP contribution in [0.3, 0.4) is 0 Å². The van der Waals surface area contributed by atoms with E-state index in [2.05, 4.69) is 25.6 Å². The summed E-state index contributed by atoms with van der Waals surface area (Å²) in [5.74, 6) is 1.81. The number of carbonyl (C=O) groups excluding carboxylic acids is 1. The van der Waals surface area contributed by atoms with Gasteiger partial charge in [-0.1, -0.05) is 12.1 Å². The molecule has 8 heteroatoms. The van der Waals surface area contributed by atoms with Crippen LogP contribution in [0.2, 0.25) is 0 Å². The maximum atomic E-state index is 12.1. The lowest BCUT2D eigenvalue weighted by molar-refractivity contribution is -0.128. The summed E-state index contributed by atoms with van der Waals surface area (Å²) >= 11 is 0. The lowest BCUT2D eigenvalue weighted by Crippen LogP contribution is -2.39. The van der Waals surface area contributed by atoms with Gasteiger partial charge in [-0.05, 0) is 38.3 Å². The summed E-state index contributed by atoms with van der Waals surface area (Å²) in [6.45, 7) is 5.52. The van der Waals surface area contributed by atoms with Crippen LogP contribution in [0.15, 0.2) is 29.3 Å². The SMILES string of the molecule is CCNC(=NCC(=O)N1CCCC1)NCCCc1nc2ccccc2[nH]1.I. The first-order chi connectivity index (χ1) is 12.8. The van der Waals surface area contributed by atoms with E-state index in [0.29, 0.717) is 5.96 Å². The van der Waals surface area contributed by atoms with E-state index in [9.17, 15) is 4.79 Å². The molecule has 0 atom stereocenters. The van der Waals surface area contributed by atoms with Gasteiger partial charge in [-0.15, -0.1) is 24.0 Å². The lowest BCUT2D eigenvalue weighted by atomic mass is 10.3. The average molecular weight is 484 g/mol. The van der Waals surface area contributed by atoms with E-state index >= 15 is 0 Å². The van der Waals surface area contributed by atoms with Crippen molar-refractivity contribution in [1.29, 1.82) is 0 Å². The molecule has 3 N–H and O–H groups in total. The van der Waals surface area contributed by atoms with Gasteiger partial charge in [0, 0.05) is 32.6 Å². The number of aliphatic imine (C=N–C) groups is 1. The number of rotatable bonds is 7. The van der Waals surface area contributed by atoms with Gasteiger partial charge in [-0.25, -0.2) is 9.98 Å². The van der Waals surface area contributed by atoms with Crippen molar-refractivity contribution < 1.29 is 4.79 Å². The number of aromatic amines is 1. The fraction of sp³-hybridized carbons (Fsp3) is 0.526. The molecule has 0 spiro atoms. The molecule has 0 unspecified atom stereocenters. The maximum absolute atomic E-state index is 12.1. The Morgan fingerprint density at radius 3 is 2.78 bits per heavy atom. The first kappa shape index (κ1) is 21.5. The van der Waals surface area contributed by atoms with Crippen LogP contribution in [0.4, 0.5) is 0 Å². The second-order valence-electron chi connectivity index (χ2n) is 6.51. The number of guanidine groups is 1. The molecule has 1 fully saturated rings. The van der Waals surface area contributed by atoms with E-state index in [0.717, 1.165) is 68.7 Å². The summed E-state index contributed by atoms with van der Waals surface area (Å²) in [6.07, 6.45) is 4.02. The predicted octanol–water partition coefficient (Wildman–Crippen LogP) is 2.29. The minimum atomic E-state index is 0. The van der Waals surface area contributed by atoms with Gasteiger partial charge >= 0.3 is 0 Å². The van der Waals surface area contributed by atoms with Crippen LogP contribution in [0, 0.1) is 0 Å². The summed E-state index contributed by atoms with van der Waals surface area (Å²) < 4.78 is 0. The van der Waals surface area contributed by atoms with E-state index in [1.54, 1.807) is 0 Å². The van der Waals surface area contributed by atoms with Gasteiger partial charge in [0.2, 0.25) is 5.91 Å². The van der Waals surface area contributed by atoms with Crippen LogP contribution < -0.4 is 10.6 Å². The molecule has 2 heterocycles. The molecule has 7 nitrogen and oxygen atoms in total. The highest BCUT2D eigenvalue weighted by Gasteiger charge is 2.17. The first-order valence-electron chi connectivity index (χ1n) is 9.50. The molecule has 0 bridgehead atoms. The van der Waals surface area contributed by atoms with E-state index < -0.39 is 0 Å². The zero-order valence-electron chi connectivity index (χ0n) is 15.8. The summed E-state index contributed by atoms with van der Waals surface area (Å²) in [5, 5.41) is 6.49. The molecular formula is C19H29IN6O. The monoisotopic (exact) mass is 484 g/mol. The molecule has 0 radical (unpaired) electrons. The number of carbonyl (C=O) groups is 1. The van der Waals surface area contributed by atoms with E-state index in [4.69, 9.17) is 0 Å². The van der Waals surface area contributed by atoms with Crippen LogP contribution in [0.25, 0.3) is 11.0 Å². The number of aromatic nitrogens is 2. The van der Waals surface area contributed by atoms with Crippen molar-refractivity contribution >= 4 is 46.9 Å². The number of aryl methyl sites for hydroxylation is 1. The minimum Gasteiger partial charge on any atom is -0.357 e. The quantitative estimate of drug-likeness (QED) is 0.244. The fourth-order valence-electron chi connectivity index (χ4n) is 3.14. The van der Waals surface area contributed by atoms with E-state index in [1.807, 2.05) is 36.1 Å². The summed E-state index contributed by atoms with van der Waals surface area (Å²) in [4.78, 5) is 26.4. The van der Waals surface area contributed by atoms with Gasteiger partial charge in [0.25, 0.3) is 0 Å². The van der Waals surface area contributed by atoms with Crippen LogP contribution in [-0.2, 0) is 11.2 Å². The Kier molecular flexibility index (Phi) is 8.83. The van der Waals surface area contributed by atoms with Gasteiger partial charge < -0.3 is 20.5 Å². The molecule has 148 valence electrons. The third-order valence-corrected chi connectivity index (χ3v) is 4.50. The van der Waals surface area contributed by atoms with Crippen molar-refractivity contribution in [2.75, 3.05) is 32.7 Å². The van der Waals surface area contributed by atoms with E-state index in [1.165, 1.54) is 0 Å². The molecule has 3 rings (SSSR count). The number of nitrogens with zero attached hydrogens (tertiary/aromatic N) is 3. The molecule has 1 amide bonds. The van der Waals surface area contributed by atoms with Crippen molar-refractivity contribution in [3.8, 4) is 0 Å². The van der Waals surface area contributed by atoms with Crippen molar-refractivity contribution in [2.24, 2.45) is 4.99 Å². The van der Waals surface area contributed by atoms with Gasteiger partial charge in [0.15, 0.2) is 5.96 Å². The highest BCUT2D eigenvalue weighted by atomic mass is 127. The minimum absolute atomic E-state index is 0. The average Bonchev–Trinajstić information content (AvgIpc) is 3.32. The van der Waals surface area contributed by atoms with Crippen LogP contribution in [0.1, 0.15) is 32.0 Å². The first-order valence-corrected chi connectivity index (χ1v) is 9.50. The van der Waals surface area contributed by atoms with Crippen LogP contribution >= 0.6 is 24.0 Å². The number of H-pyrrole nitrogens is 1. The molecule has 1 aromatic carbocycles. The Bertz CT molecular complexity index is 720. The molecule has 1 aliphatic rings. The molecule has 1 aliphatic heterocycles. The Hall–Kier alpha value is -1.84. The van der Waals surface area contributed by atoms with Crippen LogP contribution in [0.5, 0.6) is 0 Å². The van der Waals surface area contributed by atoms with Crippen molar-refractivity contribution in [3.05, 3.63) is 30.1 Å². The molecule has 27 heavy (non-hydrogen) atoms. The number of halogens is 1. The van der Waals surface area contributed by atoms with Gasteiger partial charge in [-0.3, -0.25) is 4.79 Å². The molecular weight excluding hydrogens is 455 g/mol. The number of nitrogens with one attached hydrogen (secondary N) is 3. The Labute approximate surface area is 177 Å². The highest BCUT2D eigenvalue weighted by Crippen LogP contribution is 2.11. The Morgan fingerprint density at radius 2 is 2.04 bits per heavy atom. The predicted molar refractivity (Wildman–Crippen MR) is 120 cm³/mol. The largest absolute Gasteiger partial charge is 0.357 e. The second-order valence-corrected chi connectivity index (χ2v) is 6.51. The summed E-state index contributed by atoms with van der Waals surface area (Å²) in [6, 6.07) is 8.06. The molecule has 2 aromatic rings. The summed E-state index contributed by atoms with van der Waals surface area (Å²) in [5.41, 5.74) is 2.08. The number of fused-ring (bicyclic) bond motifs is 1. The third kappa shape index (κ3) is 6.37. The third-order valence-electron chi connectivity index (χ3n) is 4.50. The van der Waals surface area contributed by atoms with E-state index in [-0.39, 0.29) is 36.4 Å². The number of hydrogen-bond donors (Lipinski definition) is 3. The molecule has 1 aromatic heterocycles. The van der Waals surface area contributed by atoms with Gasteiger partial charge in [-0.2, -0.15) is 0 Å². The normalized spacial score (nSPS) is 14.3. The van der Waals surface area contributed by atoms with Crippen molar-refractivity contribution in [2.45, 2.75) is 32.6 Å². The zero-order chi connectivity index (χ0) is 18.2. The number of benzene rings is 1. The second kappa shape index (κ2) is 11.1. The van der Waals surface area contributed by atoms with Crippen molar-refractivity contribution in [3.63, 3.8) is 0 Å². The number of amides is 1. The standard InChI is InChI=1S/C19H28N6O.HI/c1-2-20-19(22-14-18(26)25-12-5-6-13-25)21-11-7-10-17-23-15-8-3-4-9-16(15)24-17;/h3-4,8-9H,2,5-7,10-14H2,1H3,(H,23,24)(H2,20,21,22);1H. The maximum Gasteiger partial charge on any atom is 0.244 e. The van der Waals surface area contributed by atoms with Gasteiger partial charge in [0.05, 0.1) is 11.0 Å². The number of para-hydroxylation sites is 2. The number of hydrogen-bond acceptors (Lipinski definition) is 3. The smallest absolute Gasteiger partial charge is 0.244 e. The topological polar surface area (TPSA) is 85.4 Å². The number of imidazole rings is 1. The number of likely N-dealkylation sites (tertiary alicyclic amines) is 1. The fourth-order valence-corrected chi connectivity index (χ4v) is 3.14. The summed E-state index contributed by atoms with van der Waals surface area (Å²) in [7, 11) is 0.